The lowest BCUT2D eigenvalue weighted by Gasteiger charge is -2.10. The van der Waals surface area contributed by atoms with Crippen LogP contribution in [0.15, 0.2) is 42.0 Å². The molecule has 0 amide bonds. The summed E-state index contributed by atoms with van der Waals surface area (Å²) in [6.45, 7) is 2.00. The minimum absolute atomic E-state index is 0.315. The van der Waals surface area contributed by atoms with Crippen LogP contribution in [-0.2, 0) is 0 Å². The number of rotatable bonds is 1. The summed E-state index contributed by atoms with van der Waals surface area (Å²) in [4.78, 5) is 0. The van der Waals surface area contributed by atoms with Crippen LogP contribution in [0.3, 0.4) is 0 Å². The van der Waals surface area contributed by atoms with Crippen molar-refractivity contribution in [1.29, 1.82) is 5.26 Å². The quantitative estimate of drug-likeness (QED) is 0.838. The fraction of sp³-hybridized carbons (Fsp3) is 0.235. The molecule has 0 saturated heterocycles. The fourth-order valence-electron chi connectivity index (χ4n) is 2.90. The van der Waals surface area contributed by atoms with Crippen molar-refractivity contribution in [3.05, 3.63) is 53.1 Å². The van der Waals surface area contributed by atoms with Crippen LogP contribution in [0.5, 0.6) is 0 Å². The molecule has 19 heavy (non-hydrogen) atoms. The Morgan fingerprint density at radius 1 is 1.16 bits per heavy atom. The van der Waals surface area contributed by atoms with Gasteiger partial charge in [-0.05, 0) is 47.9 Å². The first-order valence-electron chi connectivity index (χ1n) is 6.52. The molecule has 1 N–H and O–H groups in total. The van der Waals surface area contributed by atoms with Crippen molar-refractivity contribution in [3.8, 4) is 6.07 Å². The maximum atomic E-state index is 9.89. The second kappa shape index (κ2) is 4.53. The number of hydrogen-bond donors (Lipinski definition) is 1. The van der Waals surface area contributed by atoms with Gasteiger partial charge in [-0.1, -0.05) is 30.3 Å². The van der Waals surface area contributed by atoms with Crippen LogP contribution in [0.25, 0.3) is 16.3 Å². The number of aliphatic hydroxyl groups excluding tert-OH is 1. The topological polar surface area (TPSA) is 44.0 Å². The van der Waals surface area contributed by atoms with Crippen molar-refractivity contribution in [2.75, 3.05) is 0 Å². The summed E-state index contributed by atoms with van der Waals surface area (Å²) in [7, 11) is 0. The largest absolute Gasteiger partial charge is 0.389 e. The molecule has 2 aromatic rings. The van der Waals surface area contributed by atoms with Crippen molar-refractivity contribution >= 4 is 16.3 Å². The first-order chi connectivity index (χ1) is 9.22. The van der Waals surface area contributed by atoms with Gasteiger partial charge in [-0.3, -0.25) is 0 Å². The first kappa shape index (κ1) is 12.0. The third-order valence-electron chi connectivity index (χ3n) is 4.01. The second-order valence-corrected chi connectivity index (χ2v) is 5.03. The van der Waals surface area contributed by atoms with Gasteiger partial charge in [0.05, 0.1) is 17.7 Å². The van der Waals surface area contributed by atoms with Gasteiger partial charge in [0.2, 0.25) is 0 Å². The minimum atomic E-state index is -0.315. The molecule has 0 radical (unpaired) electrons. The Labute approximate surface area is 112 Å². The number of benzene rings is 2. The van der Waals surface area contributed by atoms with Crippen molar-refractivity contribution in [1.82, 2.24) is 0 Å². The zero-order valence-electron chi connectivity index (χ0n) is 10.9. The summed E-state index contributed by atoms with van der Waals surface area (Å²) in [6.07, 6.45) is 1.39. The van der Waals surface area contributed by atoms with Crippen LogP contribution in [0.1, 0.15) is 30.9 Å². The lowest BCUT2D eigenvalue weighted by atomic mass is 9.93. The molecule has 0 saturated carbocycles. The molecule has 0 bridgehead atoms. The van der Waals surface area contributed by atoms with E-state index in [2.05, 4.69) is 12.1 Å². The molecule has 0 aliphatic heterocycles. The normalized spacial score (nSPS) is 18.9. The van der Waals surface area contributed by atoms with Gasteiger partial charge in [0, 0.05) is 5.39 Å². The molecule has 1 aliphatic rings. The number of allylic oxidation sites excluding steroid dienone is 1. The number of nitrogens with zero attached hydrogens (tertiary/aromatic N) is 1. The highest BCUT2D eigenvalue weighted by atomic mass is 16.3. The molecule has 0 spiro atoms. The van der Waals surface area contributed by atoms with Crippen LogP contribution >= 0.6 is 0 Å². The number of aliphatic hydroxyl groups is 1. The molecule has 2 aromatic carbocycles. The number of fused-ring (bicyclic) bond motifs is 1. The fourth-order valence-corrected chi connectivity index (χ4v) is 2.90. The highest BCUT2D eigenvalue weighted by Gasteiger charge is 2.22. The van der Waals surface area contributed by atoms with Crippen LogP contribution in [0, 0.1) is 11.3 Å². The lowest BCUT2D eigenvalue weighted by molar-refractivity contribution is 0.212. The summed E-state index contributed by atoms with van der Waals surface area (Å²) in [5.41, 5.74) is 4.16. The predicted molar refractivity (Wildman–Crippen MR) is 76.5 cm³/mol. The monoisotopic (exact) mass is 249 g/mol. The number of hydrogen-bond acceptors (Lipinski definition) is 2. The Hall–Kier alpha value is -2.11. The average molecular weight is 249 g/mol. The van der Waals surface area contributed by atoms with E-state index in [1.165, 1.54) is 5.57 Å². The highest BCUT2D eigenvalue weighted by molar-refractivity contribution is 5.97. The zero-order valence-corrected chi connectivity index (χ0v) is 10.9. The summed E-state index contributed by atoms with van der Waals surface area (Å²) in [5.74, 6) is 0. The van der Waals surface area contributed by atoms with E-state index in [4.69, 9.17) is 0 Å². The summed E-state index contributed by atoms with van der Waals surface area (Å²) < 4.78 is 0. The molecular weight excluding hydrogens is 234 g/mol. The van der Waals surface area contributed by atoms with Crippen LogP contribution in [0.2, 0.25) is 0 Å². The molecule has 2 heteroatoms. The Morgan fingerprint density at radius 2 is 1.89 bits per heavy atom. The third kappa shape index (κ3) is 1.83. The SMILES string of the molecule is CC1=C(c2ccc(C#N)c3ccccc23)CCC1O. The van der Waals surface area contributed by atoms with Gasteiger partial charge in [0.15, 0.2) is 0 Å². The molecule has 3 rings (SSSR count). The third-order valence-corrected chi connectivity index (χ3v) is 4.01. The van der Waals surface area contributed by atoms with Crippen molar-refractivity contribution < 1.29 is 5.11 Å². The van der Waals surface area contributed by atoms with E-state index in [1.807, 2.05) is 37.3 Å². The minimum Gasteiger partial charge on any atom is -0.389 e. The van der Waals surface area contributed by atoms with E-state index in [9.17, 15) is 10.4 Å². The van der Waals surface area contributed by atoms with Crippen molar-refractivity contribution in [3.63, 3.8) is 0 Å². The molecule has 0 fully saturated rings. The van der Waals surface area contributed by atoms with Gasteiger partial charge >= 0.3 is 0 Å². The van der Waals surface area contributed by atoms with Crippen LogP contribution in [-0.4, -0.2) is 11.2 Å². The van der Waals surface area contributed by atoms with E-state index >= 15 is 0 Å². The Kier molecular flexibility index (Phi) is 2.85. The van der Waals surface area contributed by atoms with Gasteiger partial charge < -0.3 is 5.11 Å². The Bertz CT molecular complexity index is 722. The van der Waals surface area contributed by atoms with E-state index in [-0.39, 0.29) is 6.10 Å². The summed E-state index contributed by atoms with van der Waals surface area (Å²) >= 11 is 0. The van der Waals surface area contributed by atoms with Crippen LogP contribution in [0.4, 0.5) is 0 Å². The molecule has 0 aromatic heterocycles. The van der Waals surface area contributed by atoms with E-state index in [0.29, 0.717) is 5.56 Å². The first-order valence-corrected chi connectivity index (χ1v) is 6.52. The maximum absolute atomic E-state index is 9.89. The van der Waals surface area contributed by atoms with Crippen molar-refractivity contribution in [2.45, 2.75) is 25.9 Å². The van der Waals surface area contributed by atoms with E-state index < -0.39 is 0 Å². The highest BCUT2D eigenvalue weighted by Crippen LogP contribution is 2.37. The smallest absolute Gasteiger partial charge is 0.0998 e. The molecule has 1 unspecified atom stereocenters. The van der Waals surface area contributed by atoms with Gasteiger partial charge in [-0.15, -0.1) is 0 Å². The van der Waals surface area contributed by atoms with E-state index in [1.54, 1.807) is 0 Å². The van der Waals surface area contributed by atoms with Crippen molar-refractivity contribution in [2.24, 2.45) is 0 Å². The molecule has 1 aliphatic carbocycles. The molecular formula is C17H15NO. The average Bonchev–Trinajstić information content (AvgIpc) is 2.78. The second-order valence-electron chi connectivity index (χ2n) is 5.03. The Balaban J connectivity index is 2.30. The maximum Gasteiger partial charge on any atom is 0.0998 e. The van der Waals surface area contributed by atoms with Gasteiger partial charge in [0.1, 0.15) is 0 Å². The number of nitriles is 1. The Morgan fingerprint density at radius 3 is 2.53 bits per heavy atom. The predicted octanol–water partition coefficient (Wildman–Crippen LogP) is 3.64. The molecule has 0 heterocycles. The van der Waals surface area contributed by atoms with E-state index in [0.717, 1.165) is 34.8 Å². The zero-order chi connectivity index (χ0) is 13.4. The summed E-state index contributed by atoms with van der Waals surface area (Å²) in [5, 5.41) is 21.2. The lowest BCUT2D eigenvalue weighted by Crippen LogP contribution is -2.00. The standard InChI is InChI=1S/C17H15NO/c1-11-13(8-9-17(11)19)16-7-6-12(10-18)14-4-2-3-5-15(14)16/h2-7,17,19H,8-9H2,1H3. The molecule has 94 valence electrons. The summed E-state index contributed by atoms with van der Waals surface area (Å²) in [6, 6.07) is 14.1. The van der Waals surface area contributed by atoms with Gasteiger partial charge in [-0.25, -0.2) is 0 Å². The molecule has 2 nitrogen and oxygen atoms in total. The van der Waals surface area contributed by atoms with Crippen LogP contribution < -0.4 is 0 Å². The molecule has 1 atom stereocenters. The van der Waals surface area contributed by atoms with Gasteiger partial charge in [-0.2, -0.15) is 5.26 Å². The van der Waals surface area contributed by atoms with Gasteiger partial charge in [0.25, 0.3) is 0 Å².